The zero-order chi connectivity index (χ0) is 23.7. The number of imide groups is 1. The molecule has 1 heterocycles. The lowest BCUT2D eigenvalue weighted by molar-refractivity contribution is -0.128. The Bertz CT molecular complexity index is 1090. The van der Waals surface area contributed by atoms with Crippen LogP contribution in [0.3, 0.4) is 0 Å². The quantitative estimate of drug-likeness (QED) is 0.666. The van der Waals surface area contributed by atoms with E-state index in [1.54, 1.807) is 45.0 Å². The van der Waals surface area contributed by atoms with Crippen molar-refractivity contribution < 1.29 is 26.9 Å². The SMILES string of the molecule is CN(C)S(=O)(=O)Oc1ccc(-c2ccc(C3CCC(=O)N3C(=O)OC(C)(C)C)cc2)cc1. The number of benzene rings is 2. The molecule has 172 valence electrons. The monoisotopic (exact) mass is 460 g/mol. The number of carbonyl (C=O) groups excluding carboxylic acids is 2. The van der Waals surface area contributed by atoms with Gasteiger partial charge in [0.05, 0.1) is 6.04 Å². The first kappa shape index (κ1) is 23.7. The van der Waals surface area contributed by atoms with Crippen LogP contribution in [-0.4, -0.2) is 49.3 Å². The van der Waals surface area contributed by atoms with Gasteiger partial charge < -0.3 is 8.92 Å². The number of ether oxygens (including phenoxy) is 1. The van der Waals surface area contributed by atoms with Gasteiger partial charge in [0.25, 0.3) is 0 Å². The van der Waals surface area contributed by atoms with Gasteiger partial charge in [-0.25, -0.2) is 9.69 Å². The topological polar surface area (TPSA) is 93.2 Å². The lowest BCUT2D eigenvalue weighted by Crippen LogP contribution is -2.38. The Morgan fingerprint density at radius 1 is 1.00 bits per heavy atom. The summed E-state index contributed by atoms with van der Waals surface area (Å²) in [6.45, 7) is 5.30. The second-order valence-electron chi connectivity index (χ2n) is 8.77. The largest absolute Gasteiger partial charge is 0.443 e. The number of amides is 2. The van der Waals surface area contributed by atoms with Crippen molar-refractivity contribution in [3.8, 4) is 16.9 Å². The molecule has 2 amide bonds. The molecule has 1 atom stereocenters. The van der Waals surface area contributed by atoms with Gasteiger partial charge in [-0.15, -0.1) is 0 Å². The molecule has 0 aromatic heterocycles. The second-order valence-corrected chi connectivity index (χ2v) is 10.5. The van der Waals surface area contributed by atoms with Crippen molar-refractivity contribution >= 4 is 22.3 Å². The van der Waals surface area contributed by atoms with E-state index < -0.39 is 22.0 Å². The third kappa shape index (κ3) is 5.46. The summed E-state index contributed by atoms with van der Waals surface area (Å²) in [5.41, 5.74) is 1.94. The lowest BCUT2D eigenvalue weighted by Gasteiger charge is -2.27. The van der Waals surface area contributed by atoms with Crippen LogP contribution in [0.1, 0.15) is 45.2 Å². The molecule has 0 bridgehead atoms. The molecule has 9 heteroatoms. The number of hydrogen-bond donors (Lipinski definition) is 0. The van der Waals surface area contributed by atoms with E-state index in [2.05, 4.69) is 0 Å². The van der Waals surface area contributed by atoms with Crippen LogP contribution in [0, 0.1) is 0 Å². The average Bonchev–Trinajstić information content (AvgIpc) is 3.09. The molecule has 1 saturated heterocycles. The van der Waals surface area contributed by atoms with Gasteiger partial charge in [-0.05, 0) is 56.0 Å². The summed E-state index contributed by atoms with van der Waals surface area (Å²) >= 11 is 0. The van der Waals surface area contributed by atoms with E-state index in [0.29, 0.717) is 12.8 Å². The highest BCUT2D eigenvalue weighted by Crippen LogP contribution is 2.35. The first-order chi connectivity index (χ1) is 14.9. The van der Waals surface area contributed by atoms with Crippen molar-refractivity contribution in [2.24, 2.45) is 0 Å². The maximum absolute atomic E-state index is 12.5. The molecule has 1 fully saturated rings. The Hall–Kier alpha value is -2.91. The summed E-state index contributed by atoms with van der Waals surface area (Å²) in [7, 11) is -1.02. The second kappa shape index (κ2) is 8.91. The van der Waals surface area contributed by atoms with Crippen molar-refractivity contribution in [2.75, 3.05) is 14.1 Å². The Morgan fingerprint density at radius 2 is 1.53 bits per heavy atom. The molecule has 0 saturated carbocycles. The van der Waals surface area contributed by atoms with Crippen LogP contribution in [0.4, 0.5) is 4.79 Å². The highest BCUT2D eigenvalue weighted by Gasteiger charge is 2.39. The lowest BCUT2D eigenvalue weighted by atomic mass is 9.99. The van der Waals surface area contributed by atoms with Gasteiger partial charge in [-0.2, -0.15) is 12.7 Å². The number of hydrogen-bond acceptors (Lipinski definition) is 6. The van der Waals surface area contributed by atoms with Gasteiger partial charge in [0.1, 0.15) is 11.4 Å². The number of likely N-dealkylation sites (tertiary alicyclic amines) is 1. The number of nitrogens with zero attached hydrogens (tertiary/aromatic N) is 2. The van der Waals surface area contributed by atoms with E-state index in [-0.39, 0.29) is 17.7 Å². The number of rotatable bonds is 5. The fraction of sp³-hybridized carbons (Fsp3) is 0.391. The summed E-state index contributed by atoms with van der Waals surface area (Å²) in [6, 6.07) is 13.9. The van der Waals surface area contributed by atoms with E-state index in [0.717, 1.165) is 21.0 Å². The Morgan fingerprint density at radius 3 is 2.03 bits per heavy atom. The van der Waals surface area contributed by atoms with Crippen LogP contribution in [-0.2, 0) is 19.8 Å². The first-order valence-corrected chi connectivity index (χ1v) is 11.6. The Labute approximate surface area is 189 Å². The first-order valence-electron chi connectivity index (χ1n) is 10.2. The van der Waals surface area contributed by atoms with E-state index in [1.165, 1.54) is 19.0 Å². The predicted molar refractivity (Wildman–Crippen MR) is 120 cm³/mol. The minimum absolute atomic E-state index is 0.219. The van der Waals surface area contributed by atoms with E-state index in [9.17, 15) is 18.0 Å². The molecular formula is C23H28N2O6S. The van der Waals surface area contributed by atoms with E-state index >= 15 is 0 Å². The summed E-state index contributed by atoms with van der Waals surface area (Å²) in [4.78, 5) is 26.1. The molecule has 0 aliphatic carbocycles. The van der Waals surface area contributed by atoms with Crippen LogP contribution in [0.5, 0.6) is 5.75 Å². The molecule has 8 nitrogen and oxygen atoms in total. The molecule has 1 unspecified atom stereocenters. The summed E-state index contributed by atoms with van der Waals surface area (Å²) < 4.78 is 35.1. The zero-order valence-corrected chi connectivity index (χ0v) is 19.7. The van der Waals surface area contributed by atoms with Crippen molar-refractivity contribution in [2.45, 2.75) is 45.3 Å². The number of carbonyl (C=O) groups is 2. The highest BCUT2D eigenvalue weighted by molar-refractivity contribution is 7.84. The van der Waals surface area contributed by atoms with Crippen LogP contribution in [0.2, 0.25) is 0 Å². The standard InChI is InChI=1S/C23H28N2O6S/c1-23(2,3)30-22(27)25-20(14-15-21(25)26)18-8-6-16(7-9-18)17-10-12-19(13-11-17)31-32(28,29)24(4)5/h6-13,20H,14-15H2,1-5H3. The van der Waals surface area contributed by atoms with Crippen LogP contribution in [0.25, 0.3) is 11.1 Å². The van der Waals surface area contributed by atoms with Crippen molar-refractivity contribution in [3.05, 3.63) is 54.1 Å². The maximum atomic E-state index is 12.5. The third-order valence-corrected chi connectivity index (χ3v) is 6.23. The fourth-order valence-electron chi connectivity index (χ4n) is 3.34. The van der Waals surface area contributed by atoms with Crippen molar-refractivity contribution in [3.63, 3.8) is 0 Å². The fourth-order valence-corrected chi connectivity index (χ4v) is 3.84. The van der Waals surface area contributed by atoms with Gasteiger partial charge in [0.15, 0.2) is 0 Å². The summed E-state index contributed by atoms with van der Waals surface area (Å²) in [5, 5.41) is 0. The Kier molecular flexibility index (Phi) is 6.61. The normalized spacial score (nSPS) is 17.0. The van der Waals surface area contributed by atoms with Gasteiger partial charge in [0, 0.05) is 20.5 Å². The highest BCUT2D eigenvalue weighted by atomic mass is 32.2. The van der Waals surface area contributed by atoms with Crippen LogP contribution in [0.15, 0.2) is 48.5 Å². The average molecular weight is 461 g/mol. The predicted octanol–water partition coefficient (Wildman–Crippen LogP) is 4.14. The molecule has 2 aromatic rings. The van der Waals surface area contributed by atoms with Gasteiger partial charge in [0.2, 0.25) is 5.91 Å². The molecule has 2 aromatic carbocycles. The zero-order valence-electron chi connectivity index (χ0n) is 18.9. The minimum atomic E-state index is -3.81. The van der Waals surface area contributed by atoms with Crippen LogP contribution >= 0.6 is 0 Å². The van der Waals surface area contributed by atoms with Gasteiger partial charge >= 0.3 is 16.4 Å². The molecule has 1 aliphatic rings. The van der Waals surface area contributed by atoms with E-state index in [1.807, 2.05) is 24.3 Å². The van der Waals surface area contributed by atoms with Crippen LogP contribution < -0.4 is 4.18 Å². The summed E-state index contributed by atoms with van der Waals surface area (Å²) in [5.74, 6) is -0.0202. The van der Waals surface area contributed by atoms with Crippen molar-refractivity contribution in [1.29, 1.82) is 0 Å². The van der Waals surface area contributed by atoms with Gasteiger partial charge in [-0.1, -0.05) is 36.4 Å². The van der Waals surface area contributed by atoms with Crippen molar-refractivity contribution in [1.82, 2.24) is 9.21 Å². The minimum Gasteiger partial charge on any atom is -0.443 e. The molecular weight excluding hydrogens is 432 g/mol. The van der Waals surface area contributed by atoms with E-state index in [4.69, 9.17) is 8.92 Å². The molecule has 0 spiro atoms. The molecule has 0 N–H and O–H groups in total. The molecule has 0 radical (unpaired) electrons. The molecule has 1 aliphatic heterocycles. The van der Waals surface area contributed by atoms with Gasteiger partial charge in [-0.3, -0.25) is 4.79 Å². The Balaban J connectivity index is 1.76. The summed E-state index contributed by atoms with van der Waals surface area (Å²) in [6.07, 6.45) is 0.213. The third-order valence-electron chi connectivity index (χ3n) is 4.93. The molecule has 32 heavy (non-hydrogen) atoms. The smallest absolute Gasteiger partial charge is 0.417 e. The maximum Gasteiger partial charge on any atom is 0.417 e. The molecule has 3 rings (SSSR count).